The number of thioether (sulfide) groups is 1. The molecule has 4 rings (SSSR count). The van der Waals surface area contributed by atoms with Crippen LogP contribution in [0.15, 0.2) is 88.8 Å². The molecule has 1 N–H and O–H groups in total. The van der Waals surface area contributed by atoms with E-state index in [1.54, 1.807) is 0 Å². The maximum atomic E-state index is 11.4. The molecule has 27 heavy (non-hydrogen) atoms. The summed E-state index contributed by atoms with van der Waals surface area (Å²) in [5.41, 5.74) is 5.17. The lowest BCUT2D eigenvalue weighted by Crippen LogP contribution is -2.08. The number of benzene rings is 3. The first-order valence-corrected chi connectivity index (χ1v) is 9.83. The van der Waals surface area contributed by atoms with Gasteiger partial charge in [0.1, 0.15) is 0 Å². The van der Waals surface area contributed by atoms with Gasteiger partial charge in [0.25, 0.3) is 0 Å². The van der Waals surface area contributed by atoms with Crippen LogP contribution in [-0.4, -0.2) is 11.6 Å². The van der Waals surface area contributed by atoms with E-state index in [4.69, 9.17) is 4.99 Å². The number of hydrogen-bond acceptors (Lipinski definition) is 3. The molecule has 4 heteroatoms. The fourth-order valence-electron chi connectivity index (χ4n) is 3.23. The summed E-state index contributed by atoms with van der Waals surface area (Å²) in [7, 11) is 0. The number of anilines is 1. The summed E-state index contributed by atoms with van der Waals surface area (Å²) in [6.45, 7) is 1.52. The largest absolute Gasteiger partial charge is 0.326 e. The molecule has 0 bridgehead atoms. The van der Waals surface area contributed by atoms with E-state index < -0.39 is 0 Å². The zero-order valence-electron chi connectivity index (χ0n) is 15.1. The van der Waals surface area contributed by atoms with Crippen molar-refractivity contribution in [1.82, 2.24) is 0 Å². The molecule has 0 radical (unpaired) electrons. The number of fused-ring (bicyclic) bond motifs is 1. The molecule has 0 saturated heterocycles. The minimum atomic E-state index is -0.0713. The molecule has 134 valence electrons. The first-order valence-electron chi connectivity index (χ1n) is 8.95. The topological polar surface area (TPSA) is 41.5 Å². The van der Waals surface area contributed by atoms with E-state index in [-0.39, 0.29) is 11.2 Å². The zero-order valence-corrected chi connectivity index (χ0v) is 15.9. The molecule has 3 nitrogen and oxygen atoms in total. The summed E-state index contributed by atoms with van der Waals surface area (Å²) < 4.78 is 0. The van der Waals surface area contributed by atoms with Crippen molar-refractivity contribution in [2.75, 3.05) is 5.32 Å². The van der Waals surface area contributed by atoms with Gasteiger partial charge in [-0.2, -0.15) is 0 Å². The van der Waals surface area contributed by atoms with Crippen LogP contribution in [0.1, 0.15) is 29.7 Å². The summed E-state index contributed by atoms with van der Waals surface area (Å²) in [5, 5.41) is 3.15. The molecule has 1 atom stereocenters. The highest BCUT2D eigenvalue weighted by atomic mass is 32.2. The number of amides is 1. The van der Waals surface area contributed by atoms with Gasteiger partial charge in [0, 0.05) is 34.9 Å². The number of nitrogens with zero attached hydrogens (tertiary/aromatic N) is 1. The summed E-state index contributed by atoms with van der Waals surface area (Å²) in [4.78, 5) is 17.6. The maximum Gasteiger partial charge on any atom is 0.221 e. The minimum Gasteiger partial charge on any atom is -0.326 e. The SMILES string of the molecule is CC(=O)Nc1cccc(C2=Nc3ccccc3SC(c3ccccc3)C2)c1. The van der Waals surface area contributed by atoms with Gasteiger partial charge in [-0.1, -0.05) is 54.6 Å². The molecule has 1 unspecified atom stereocenters. The molecule has 0 saturated carbocycles. The third-order valence-corrected chi connectivity index (χ3v) is 5.78. The molecular formula is C23H20N2OS. The third-order valence-electron chi connectivity index (χ3n) is 4.46. The number of nitrogens with one attached hydrogen (secondary N) is 1. The number of aliphatic imine (C=N–C) groups is 1. The summed E-state index contributed by atoms with van der Waals surface area (Å²) in [5.74, 6) is -0.0713. The number of rotatable bonds is 3. The predicted molar refractivity (Wildman–Crippen MR) is 113 cm³/mol. The molecule has 1 amide bonds. The van der Waals surface area contributed by atoms with Crippen LogP contribution in [0.3, 0.4) is 0 Å². The van der Waals surface area contributed by atoms with Crippen LogP contribution in [0.2, 0.25) is 0 Å². The summed E-state index contributed by atoms with van der Waals surface area (Å²) in [6, 6.07) is 26.8. The van der Waals surface area contributed by atoms with Crippen molar-refractivity contribution < 1.29 is 4.79 Å². The van der Waals surface area contributed by atoms with Crippen LogP contribution >= 0.6 is 11.8 Å². The Bertz CT molecular complexity index is 998. The Morgan fingerprint density at radius 1 is 1.00 bits per heavy atom. The Balaban J connectivity index is 1.76. The van der Waals surface area contributed by atoms with E-state index in [1.807, 2.05) is 42.1 Å². The van der Waals surface area contributed by atoms with E-state index in [1.165, 1.54) is 17.4 Å². The lowest BCUT2D eigenvalue weighted by Gasteiger charge is -2.16. The lowest BCUT2D eigenvalue weighted by molar-refractivity contribution is -0.114. The second-order valence-corrected chi connectivity index (χ2v) is 7.75. The van der Waals surface area contributed by atoms with Crippen molar-refractivity contribution in [2.24, 2.45) is 4.99 Å². The molecule has 1 aliphatic rings. The Kier molecular flexibility index (Phi) is 5.07. The monoisotopic (exact) mass is 372 g/mol. The molecule has 1 aliphatic heterocycles. The lowest BCUT2D eigenvalue weighted by atomic mass is 10.0. The van der Waals surface area contributed by atoms with Crippen LogP contribution in [-0.2, 0) is 4.79 Å². The van der Waals surface area contributed by atoms with Gasteiger partial charge >= 0.3 is 0 Å². The molecule has 0 aromatic heterocycles. The Labute approximate surface area is 163 Å². The van der Waals surface area contributed by atoms with Crippen LogP contribution < -0.4 is 5.32 Å². The van der Waals surface area contributed by atoms with Gasteiger partial charge in [0.05, 0.1) is 5.69 Å². The molecule has 3 aromatic rings. The summed E-state index contributed by atoms with van der Waals surface area (Å²) >= 11 is 1.86. The number of para-hydroxylation sites is 1. The smallest absolute Gasteiger partial charge is 0.221 e. The highest BCUT2D eigenvalue weighted by Crippen LogP contribution is 2.45. The van der Waals surface area contributed by atoms with E-state index in [0.717, 1.165) is 29.1 Å². The highest BCUT2D eigenvalue weighted by molar-refractivity contribution is 7.99. The van der Waals surface area contributed by atoms with Crippen molar-refractivity contribution in [3.05, 3.63) is 90.0 Å². The van der Waals surface area contributed by atoms with Crippen molar-refractivity contribution in [2.45, 2.75) is 23.5 Å². The van der Waals surface area contributed by atoms with Gasteiger partial charge in [-0.05, 0) is 35.4 Å². The van der Waals surface area contributed by atoms with Gasteiger partial charge in [0.2, 0.25) is 5.91 Å². The van der Waals surface area contributed by atoms with Gasteiger partial charge in [-0.15, -0.1) is 11.8 Å². The normalized spacial score (nSPS) is 16.0. The molecule has 0 fully saturated rings. The number of hydrogen-bond donors (Lipinski definition) is 1. The molecule has 3 aromatic carbocycles. The van der Waals surface area contributed by atoms with Crippen LogP contribution in [0, 0.1) is 0 Å². The average Bonchev–Trinajstić information content (AvgIpc) is 2.88. The minimum absolute atomic E-state index is 0.0713. The van der Waals surface area contributed by atoms with Crippen molar-refractivity contribution >= 4 is 34.8 Å². The number of carbonyl (C=O) groups is 1. The van der Waals surface area contributed by atoms with E-state index in [9.17, 15) is 4.79 Å². The quantitative estimate of drug-likeness (QED) is 0.612. The van der Waals surface area contributed by atoms with Crippen molar-refractivity contribution in [1.29, 1.82) is 0 Å². The zero-order chi connectivity index (χ0) is 18.6. The van der Waals surface area contributed by atoms with Crippen LogP contribution in [0.25, 0.3) is 0 Å². The molecule has 0 aliphatic carbocycles. The Morgan fingerprint density at radius 2 is 1.78 bits per heavy atom. The highest BCUT2D eigenvalue weighted by Gasteiger charge is 2.22. The van der Waals surface area contributed by atoms with Gasteiger partial charge < -0.3 is 5.32 Å². The average molecular weight is 372 g/mol. The molecule has 0 spiro atoms. The standard InChI is InChI=1S/C23H20N2OS/c1-16(26)24-19-11-7-10-18(14-19)21-15-23(17-8-3-2-4-9-17)27-22-13-6-5-12-20(22)25-21/h2-14,23H,15H2,1H3,(H,24,26). The number of carbonyl (C=O) groups excluding carboxylic acids is 1. The first kappa shape index (κ1) is 17.6. The second kappa shape index (κ2) is 7.80. The third kappa shape index (κ3) is 4.12. The van der Waals surface area contributed by atoms with Gasteiger partial charge in [-0.3, -0.25) is 9.79 Å². The fraction of sp³-hybridized carbons (Fsp3) is 0.130. The summed E-state index contributed by atoms with van der Waals surface area (Å²) in [6.07, 6.45) is 0.826. The fourth-order valence-corrected chi connectivity index (χ4v) is 4.46. The van der Waals surface area contributed by atoms with E-state index in [2.05, 4.69) is 53.8 Å². The van der Waals surface area contributed by atoms with Crippen molar-refractivity contribution in [3.8, 4) is 0 Å². The molecular weight excluding hydrogens is 352 g/mol. The second-order valence-electron chi connectivity index (χ2n) is 6.51. The van der Waals surface area contributed by atoms with Crippen LogP contribution in [0.4, 0.5) is 11.4 Å². The van der Waals surface area contributed by atoms with E-state index in [0.29, 0.717) is 0 Å². The van der Waals surface area contributed by atoms with Crippen LogP contribution in [0.5, 0.6) is 0 Å². The predicted octanol–water partition coefficient (Wildman–Crippen LogP) is 6.00. The van der Waals surface area contributed by atoms with E-state index >= 15 is 0 Å². The maximum absolute atomic E-state index is 11.4. The van der Waals surface area contributed by atoms with Gasteiger partial charge in [0.15, 0.2) is 0 Å². The van der Waals surface area contributed by atoms with Gasteiger partial charge in [-0.25, -0.2) is 0 Å². The van der Waals surface area contributed by atoms with Crippen molar-refractivity contribution in [3.63, 3.8) is 0 Å². The first-order chi connectivity index (χ1) is 13.2. The molecule has 1 heterocycles. The Hall–Kier alpha value is -2.85. The Morgan fingerprint density at radius 3 is 2.59 bits per heavy atom.